The first kappa shape index (κ1) is 22.0. The summed E-state index contributed by atoms with van der Waals surface area (Å²) in [6, 6.07) is 16.3. The van der Waals surface area contributed by atoms with Crippen LogP contribution in [0.1, 0.15) is 48.2 Å². The van der Waals surface area contributed by atoms with E-state index in [0.29, 0.717) is 12.3 Å². The SMILES string of the molecule is CN1CCOc2ccccc2CCCCC2(CCN(C(=O)c3n[nH]c4ccccc34)CC2)C1. The molecule has 1 aromatic heterocycles. The molecule has 1 fully saturated rings. The van der Waals surface area contributed by atoms with E-state index < -0.39 is 0 Å². The Morgan fingerprint density at radius 1 is 1.00 bits per heavy atom. The number of hydrogen-bond donors (Lipinski definition) is 1. The highest BCUT2D eigenvalue weighted by atomic mass is 16.5. The Labute approximate surface area is 195 Å². The number of aromatic amines is 1. The van der Waals surface area contributed by atoms with Crippen molar-refractivity contribution in [1.29, 1.82) is 0 Å². The lowest BCUT2D eigenvalue weighted by Crippen LogP contribution is -2.48. The van der Waals surface area contributed by atoms with Crippen LogP contribution in [-0.2, 0) is 6.42 Å². The van der Waals surface area contributed by atoms with Crippen LogP contribution in [0.25, 0.3) is 10.9 Å². The minimum Gasteiger partial charge on any atom is -0.492 e. The van der Waals surface area contributed by atoms with E-state index in [2.05, 4.69) is 46.4 Å². The van der Waals surface area contributed by atoms with Crippen LogP contribution in [0.5, 0.6) is 5.75 Å². The molecule has 1 N–H and O–H groups in total. The highest BCUT2D eigenvalue weighted by Crippen LogP contribution is 2.38. The third kappa shape index (κ3) is 4.76. The summed E-state index contributed by atoms with van der Waals surface area (Å²) in [5.74, 6) is 1.09. The average Bonchev–Trinajstić information content (AvgIpc) is 3.26. The molecule has 1 saturated heterocycles. The Morgan fingerprint density at radius 3 is 2.67 bits per heavy atom. The molecule has 1 amide bonds. The average molecular weight is 447 g/mol. The van der Waals surface area contributed by atoms with Gasteiger partial charge in [0.25, 0.3) is 5.91 Å². The van der Waals surface area contributed by atoms with Crippen molar-refractivity contribution in [2.75, 3.05) is 39.8 Å². The molecule has 2 aliphatic rings. The zero-order valence-electron chi connectivity index (χ0n) is 19.6. The Bertz CT molecular complexity index is 1100. The number of para-hydroxylation sites is 2. The van der Waals surface area contributed by atoms with Gasteiger partial charge in [0.2, 0.25) is 0 Å². The summed E-state index contributed by atoms with van der Waals surface area (Å²) in [4.78, 5) is 17.7. The molecule has 6 heteroatoms. The molecule has 174 valence electrons. The van der Waals surface area contributed by atoms with E-state index in [4.69, 9.17) is 4.74 Å². The van der Waals surface area contributed by atoms with Gasteiger partial charge in [0.1, 0.15) is 12.4 Å². The predicted octanol–water partition coefficient (Wildman–Crippen LogP) is 4.52. The van der Waals surface area contributed by atoms with Crippen LogP contribution in [0.4, 0.5) is 0 Å². The molecule has 0 bridgehead atoms. The van der Waals surface area contributed by atoms with Gasteiger partial charge in [-0.25, -0.2) is 0 Å². The molecule has 2 aliphatic heterocycles. The van der Waals surface area contributed by atoms with E-state index in [-0.39, 0.29) is 11.3 Å². The number of likely N-dealkylation sites (N-methyl/N-ethyl adjacent to an activating group) is 1. The first-order valence-electron chi connectivity index (χ1n) is 12.3. The van der Waals surface area contributed by atoms with Crippen LogP contribution in [0.2, 0.25) is 0 Å². The molecule has 0 atom stereocenters. The number of benzene rings is 2. The Kier molecular flexibility index (Phi) is 6.36. The van der Waals surface area contributed by atoms with Crippen LogP contribution in [-0.4, -0.2) is 65.7 Å². The number of rotatable bonds is 1. The molecule has 1 spiro atoms. The monoisotopic (exact) mass is 446 g/mol. The fraction of sp³-hybridized carbons (Fsp3) is 0.481. The molecule has 2 aromatic carbocycles. The lowest BCUT2D eigenvalue weighted by atomic mass is 9.73. The number of carbonyl (C=O) groups is 1. The number of fused-ring (bicyclic) bond motifs is 2. The van der Waals surface area contributed by atoms with E-state index in [0.717, 1.165) is 62.1 Å². The van der Waals surface area contributed by atoms with Crippen molar-refractivity contribution in [3.05, 3.63) is 59.8 Å². The maximum Gasteiger partial charge on any atom is 0.274 e. The normalized spacial score (nSPS) is 20.0. The van der Waals surface area contributed by atoms with Crippen molar-refractivity contribution in [2.24, 2.45) is 5.41 Å². The Hall–Kier alpha value is -2.86. The van der Waals surface area contributed by atoms with Crippen LogP contribution >= 0.6 is 0 Å². The first-order chi connectivity index (χ1) is 16.1. The van der Waals surface area contributed by atoms with Crippen molar-refractivity contribution in [3.8, 4) is 5.75 Å². The maximum absolute atomic E-state index is 13.3. The molecule has 0 radical (unpaired) electrons. The second kappa shape index (κ2) is 9.56. The molecule has 6 nitrogen and oxygen atoms in total. The van der Waals surface area contributed by atoms with E-state index >= 15 is 0 Å². The molecule has 33 heavy (non-hydrogen) atoms. The van der Waals surface area contributed by atoms with Gasteiger partial charge in [-0.3, -0.25) is 9.89 Å². The summed E-state index contributed by atoms with van der Waals surface area (Å²) < 4.78 is 6.13. The van der Waals surface area contributed by atoms with Gasteiger partial charge in [-0.2, -0.15) is 5.10 Å². The second-order valence-electron chi connectivity index (χ2n) is 9.81. The quantitative estimate of drug-likeness (QED) is 0.597. The second-order valence-corrected chi connectivity index (χ2v) is 9.81. The number of aromatic nitrogens is 2. The van der Waals surface area contributed by atoms with Gasteiger partial charge in [-0.15, -0.1) is 0 Å². The molecule has 0 unspecified atom stereocenters. The molecule has 0 saturated carbocycles. The number of likely N-dealkylation sites (tertiary alicyclic amines) is 1. The fourth-order valence-electron chi connectivity index (χ4n) is 5.58. The van der Waals surface area contributed by atoms with Gasteiger partial charge in [-0.05, 0) is 62.3 Å². The van der Waals surface area contributed by atoms with Gasteiger partial charge in [0, 0.05) is 31.6 Å². The standard InChI is InChI=1S/C27H34N4O2/c1-30-18-19-33-24-12-5-2-8-21(24)9-6-7-13-27(20-30)14-16-31(17-15-27)26(32)25-22-10-3-4-11-23(22)28-29-25/h2-5,8,10-12H,6-7,9,13-20H2,1H3,(H,28,29). The molecule has 3 aromatic rings. The number of amides is 1. The Balaban J connectivity index is 1.26. The zero-order chi connectivity index (χ0) is 22.7. The number of ether oxygens (including phenoxy) is 1. The minimum absolute atomic E-state index is 0.0498. The Morgan fingerprint density at radius 2 is 1.79 bits per heavy atom. The van der Waals surface area contributed by atoms with E-state index in [1.807, 2.05) is 29.2 Å². The van der Waals surface area contributed by atoms with Crippen LogP contribution in [0.3, 0.4) is 0 Å². The summed E-state index contributed by atoms with van der Waals surface area (Å²) in [6.07, 6.45) is 6.76. The van der Waals surface area contributed by atoms with Crippen molar-refractivity contribution in [2.45, 2.75) is 38.5 Å². The topological polar surface area (TPSA) is 61.5 Å². The lowest BCUT2D eigenvalue weighted by Gasteiger charge is -2.44. The zero-order valence-corrected chi connectivity index (χ0v) is 19.6. The maximum atomic E-state index is 13.3. The van der Waals surface area contributed by atoms with Crippen molar-refractivity contribution in [3.63, 3.8) is 0 Å². The van der Waals surface area contributed by atoms with E-state index in [1.165, 1.54) is 24.8 Å². The van der Waals surface area contributed by atoms with Gasteiger partial charge in [0.15, 0.2) is 5.69 Å². The van der Waals surface area contributed by atoms with Crippen LogP contribution in [0, 0.1) is 5.41 Å². The predicted molar refractivity (Wildman–Crippen MR) is 131 cm³/mol. The van der Waals surface area contributed by atoms with Crippen molar-refractivity contribution in [1.82, 2.24) is 20.0 Å². The highest BCUT2D eigenvalue weighted by molar-refractivity contribution is 6.04. The van der Waals surface area contributed by atoms with Gasteiger partial charge >= 0.3 is 0 Å². The van der Waals surface area contributed by atoms with Crippen LogP contribution in [0.15, 0.2) is 48.5 Å². The van der Waals surface area contributed by atoms with Gasteiger partial charge in [0.05, 0.1) is 5.52 Å². The number of carbonyl (C=O) groups excluding carboxylic acids is 1. The number of H-pyrrole nitrogens is 1. The van der Waals surface area contributed by atoms with Crippen LogP contribution < -0.4 is 4.74 Å². The summed E-state index contributed by atoms with van der Waals surface area (Å²) in [7, 11) is 2.20. The smallest absolute Gasteiger partial charge is 0.274 e. The molecule has 3 heterocycles. The summed E-state index contributed by atoms with van der Waals surface area (Å²) in [5.41, 5.74) is 3.05. The molecular formula is C27H34N4O2. The summed E-state index contributed by atoms with van der Waals surface area (Å²) in [6.45, 7) is 4.28. The first-order valence-corrected chi connectivity index (χ1v) is 12.3. The number of nitrogens with zero attached hydrogens (tertiary/aromatic N) is 3. The third-order valence-corrected chi connectivity index (χ3v) is 7.50. The number of piperidine rings is 1. The van der Waals surface area contributed by atoms with Crippen molar-refractivity contribution >= 4 is 16.8 Å². The molecule has 0 aliphatic carbocycles. The van der Waals surface area contributed by atoms with Crippen molar-refractivity contribution < 1.29 is 9.53 Å². The summed E-state index contributed by atoms with van der Waals surface area (Å²) in [5, 5.41) is 8.25. The molecule has 5 rings (SSSR count). The summed E-state index contributed by atoms with van der Waals surface area (Å²) >= 11 is 0. The number of hydrogen-bond acceptors (Lipinski definition) is 4. The third-order valence-electron chi connectivity index (χ3n) is 7.50. The largest absolute Gasteiger partial charge is 0.492 e. The van der Waals surface area contributed by atoms with Gasteiger partial charge in [-0.1, -0.05) is 42.8 Å². The highest BCUT2D eigenvalue weighted by Gasteiger charge is 2.37. The lowest BCUT2D eigenvalue weighted by molar-refractivity contribution is 0.0422. The molecular weight excluding hydrogens is 412 g/mol. The number of nitrogens with one attached hydrogen (secondary N) is 1. The van der Waals surface area contributed by atoms with E-state index in [9.17, 15) is 4.79 Å². The number of aryl methyl sites for hydroxylation is 1. The fourth-order valence-corrected chi connectivity index (χ4v) is 5.58. The van der Waals surface area contributed by atoms with Gasteiger partial charge < -0.3 is 14.5 Å². The minimum atomic E-state index is 0.0498. The van der Waals surface area contributed by atoms with E-state index in [1.54, 1.807) is 0 Å².